The van der Waals surface area contributed by atoms with Gasteiger partial charge in [-0.25, -0.2) is 0 Å². The smallest absolute Gasteiger partial charge is 0.137 e. The zero-order valence-corrected chi connectivity index (χ0v) is 9.72. The minimum Gasteiger partial charge on any atom is -0.459 e. The lowest BCUT2D eigenvalue weighted by molar-refractivity contribution is 0.511. The molecule has 2 heteroatoms. The van der Waals surface area contributed by atoms with Gasteiger partial charge in [0.2, 0.25) is 0 Å². The maximum absolute atomic E-state index is 5.82. The van der Waals surface area contributed by atoms with E-state index in [1.54, 1.807) is 0 Å². The lowest BCUT2D eigenvalue weighted by atomic mass is 10.0. The van der Waals surface area contributed by atoms with Crippen molar-refractivity contribution in [3.05, 3.63) is 34.6 Å². The van der Waals surface area contributed by atoms with Gasteiger partial charge in [0.1, 0.15) is 11.3 Å². The number of furan rings is 1. The fraction of sp³-hybridized carbons (Fsp3) is 0.385. The maximum atomic E-state index is 5.82. The Morgan fingerprint density at radius 3 is 2.40 bits per heavy atom. The van der Waals surface area contributed by atoms with Gasteiger partial charge >= 0.3 is 0 Å². The van der Waals surface area contributed by atoms with Crippen LogP contribution < -0.4 is 5.73 Å². The first-order valence-corrected chi connectivity index (χ1v) is 5.26. The Morgan fingerprint density at radius 2 is 1.80 bits per heavy atom. The van der Waals surface area contributed by atoms with E-state index < -0.39 is 0 Å². The first-order valence-electron chi connectivity index (χ1n) is 5.26. The predicted octanol–water partition coefficient (Wildman–Crippen LogP) is 3.38. The lowest BCUT2D eigenvalue weighted by Gasteiger charge is -2.03. The molecule has 15 heavy (non-hydrogen) atoms. The van der Waals surface area contributed by atoms with Gasteiger partial charge in [-0.1, -0.05) is 6.07 Å². The van der Waals surface area contributed by atoms with Crippen LogP contribution in [0.15, 0.2) is 16.5 Å². The molecule has 0 amide bonds. The van der Waals surface area contributed by atoms with Crippen LogP contribution in [0.3, 0.4) is 0 Å². The summed E-state index contributed by atoms with van der Waals surface area (Å²) < 4.78 is 5.80. The van der Waals surface area contributed by atoms with E-state index in [0.717, 1.165) is 11.3 Å². The first-order chi connectivity index (χ1) is 7.00. The molecule has 0 saturated heterocycles. The average molecular weight is 203 g/mol. The van der Waals surface area contributed by atoms with Crippen molar-refractivity contribution in [1.29, 1.82) is 0 Å². The molecule has 0 aliphatic rings. The number of rotatable bonds is 1. The van der Waals surface area contributed by atoms with Gasteiger partial charge in [0.25, 0.3) is 0 Å². The van der Waals surface area contributed by atoms with Crippen molar-refractivity contribution < 1.29 is 4.42 Å². The predicted molar refractivity (Wildman–Crippen MR) is 63.0 cm³/mol. The second-order valence-electron chi connectivity index (χ2n) is 4.32. The zero-order chi connectivity index (χ0) is 11.2. The molecule has 1 unspecified atom stereocenters. The van der Waals surface area contributed by atoms with Gasteiger partial charge in [-0.2, -0.15) is 0 Å². The van der Waals surface area contributed by atoms with Crippen molar-refractivity contribution in [2.24, 2.45) is 5.73 Å². The van der Waals surface area contributed by atoms with Crippen molar-refractivity contribution in [3.63, 3.8) is 0 Å². The highest BCUT2D eigenvalue weighted by atomic mass is 16.3. The van der Waals surface area contributed by atoms with E-state index in [-0.39, 0.29) is 6.04 Å². The van der Waals surface area contributed by atoms with Crippen LogP contribution in [0.1, 0.15) is 35.4 Å². The molecule has 1 aromatic heterocycles. The summed E-state index contributed by atoms with van der Waals surface area (Å²) in [6, 6.07) is 4.21. The summed E-state index contributed by atoms with van der Waals surface area (Å²) in [5.74, 6) is 0.863. The minimum atomic E-state index is -0.0449. The fourth-order valence-corrected chi connectivity index (χ4v) is 1.90. The number of aryl methyl sites for hydroxylation is 3. The van der Waals surface area contributed by atoms with Crippen molar-refractivity contribution in [2.75, 3.05) is 0 Å². The van der Waals surface area contributed by atoms with E-state index in [4.69, 9.17) is 10.2 Å². The fourth-order valence-electron chi connectivity index (χ4n) is 1.90. The zero-order valence-electron chi connectivity index (χ0n) is 9.72. The highest BCUT2D eigenvalue weighted by Gasteiger charge is 2.12. The van der Waals surface area contributed by atoms with E-state index in [1.807, 2.05) is 6.92 Å². The van der Waals surface area contributed by atoms with Crippen LogP contribution in [0.4, 0.5) is 0 Å². The SMILES string of the molecule is Cc1cc(C)c2cc(C(C)N)oc2c1C. The van der Waals surface area contributed by atoms with E-state index >= 15 is 0 Å². The molecule has 2 aromatic rings. The van der Waals surface area contributed by atoms with Crippen molar-refractivity contribution >= 4 is 11.0 Å². The van der Waals surface area contributed by atoms with Crippen LogP contribution in [0.25, 0.3) is 11.0 Å². The summed E-state index contributed by atoms with van der Waals surface area (Å²) in [6.07, 6.45) is 0. The van der Waals surface area contributed by atoms with Crippen LogP contribution in [0.2, 0.25) is 0 Å². The molecule has 1 aromatic carbocycles. The summed E-state index contributed by atoms with van der Waals surface area (Å²) in [6.45, 7) is 8.24. The van der Waals surface area contributed by atoms with Crippen molar-refractivity contribution in [3.8, 4) is 0 Å². The first kappa shape index (κ1) is 10.2. The van der Waals surface area contributed by atoms with Gasteiger partial charge in [0.15, 0.2) is 0 Å². The molecule has 0 aliphatic heterocycles. The number of nitrogens with two attached hydrogens (primary N) is 1. The molecule has 2 rings (SSSR count). The van der Waals surface area contributed by atoms with Crippen LogP contribution >= 0.6 is 0 Å². The summed E-state index contributed by atoms with van der Waals surface area (Å²) in [5, 5.41) is 1.19. The Hall–Kier alpha value is -1.28. The Morgan fingerprint density at radius 1 is 1.13 bits per heavy atom. The Balaban J connectivity index is 2.80. The number of hydrogen-bond acceptors (Lipinski definition) is 2. The molecular weight excluding hydrogens is 186 g/mol. The molecule has 2 N–H and O–H groups in total. The van der Waals surface area contributed by atoms with Gasteiger partial charge < -0.3 is 10.2 Å². The van der Waals surface area contributed by atoms with Gasteiger partial charge in [-0.3, -0.25) is 0 Å². The van der Waals surface area contributed by atoms with Crippen LogP contribution in [-0.2, 0) is 0 Å². The Bertz CT molecular complexity index is 509. The third kappa shape index (κ3) is 1.55. The number of benzene rings is 1. The molecule has 0 spiro atoms. The van der Waals surface area contributed by atoms with E-state index in [9.17, 15) is 0 Å². The second kappa shape index (κ2) is 3.38. The van der Waals surface area contributed by atoms with Gasteiger partial charge in [0.05, 0.1) is 6.04 Å². The van der Waals surface area contributed by atoms with Gasteiger partial charge in [-0.05, 0) is 50.5 Å². The number of fused-ring (bicyclic) bond motifs is 1. The normalized spacial score (nSPS) is 13.4. The monoisotopic (exact) mass is 203 g/mol. The molecule has 80 valence electrons. The molecule has 0 radical (unpaired) electrons. The van der Waals surface area contributed by atoms with Gasteiger partial charge in [0, 0.05) is 5.39 Å². The quantitative estimate of drug-likeness (QED) is 0.771. The van der Waals surface area contributed by atoms with Crippen LogP contribution in [0.5, 0.6) is 0 Å². The van der Waals surface area contributed by atoms with Crippen LogP contribution in [-0.4, -0.2) is 0 Å². The average Bonchev–Trinajstić information content (AvgIpc) is 2.59. The largest absolute Gasteiger partial charge is 0.459 e. The van der Waals surface area contributed by atoms with E-state index in [1.165, 1.54) is 22.1 Å². The van der Waals surface area contributed by atoms with E-state index in [2.05, 4.69) is 32.9 Å². The third-order valence-corrected chi connectivity index (χ3v) is 2.99. The summed E-state index contributed by atoms with van der Waals surface area (Å²) >= 11 is 0. The van der Waals surface area contributed by atoms with E-state index in [0.29, 0.717) is 0 Å². The van der Waals surface area contributed by atoms with Crippen molar-refractivity contribution in [2.45, 2.75) is 33.7 Å². The Labute approximate surface area is 90.1 Å². The third-order valence-electron chi connectivity index (χ3n) is 2.99. The highest BCUT2D eigenvalue weighted by molar-refractivity contribution is 5.85. The molecule has 0 bridgehead atoms. The molecule has 1 heterocycles. The second-order valence-corrected chi connectivity index (χ2v) is 4.32. The molecule has 0 aliphatic carbocycles. The summed E-state index contributed by atoms with van der Waals surface area (Å²) in [4.78, 5) is 0. The Kier molecular flexibility index (Phi) is 2.31. The molecule has 0 saturated carbocycles. The van der Waals surface area contributed by atoms with Gasteiger partial charge in [-0.15, -0.1) is 0 Å². The summed E-state index contributed by atoms with van der Waals surface area (Å²) in [5.41, 5.74) is 10.5. The minimum absolute atomic E-state index is 0.0449. The number of hydrogen-bond donors (Lipinski definition) is 1. The molecule has 0 fully saturated rings. The lowest BCUT2D eigenvalue weighted by Crippen LogP contribution is -2.02. The molecule has 1 atom stereocenters. The molecular formula is C13H17NO. The maximum Gasteiger partial charge on any atom is 0.137 e. The topological polar surface area (TPSA) is 39.2 Å². The van der Waals surface area contributed by atoms with Crippen molar-refractivity contribution in [1.82, 2.24) is 0 Å². The summed E-state index contributed by atoms with van der Waals surface area (Å²) in [7, 11) is 0. The highest BCUT2D eigenvalue weighted by Crippen LogP contribution is 2.30. The van der Waals surface area contributed by atoms with Crippen LogP contribution in [0, 0.1) is 20.8 Å². The standard InChI is InChI=1S/C13H17NO/c1-7-5-8(2)11-6-12(10(4)14)15-13(11)9(7)3/h5-6,10H,14H2,1-4H3. The molecule has 2 nitrogen and oxygen atoms in total.